The zero-order valence-electron chi connectivity index (χ0n) is 17.8. The molecule has 3 rings (SSSR count). The summed E-state index contributed by atoms with van der Waals surface area (Å²) in [5, 5.41) is 0.682. The van der Waals surface area contributed by atoms with Crippen LogP contribution in [0, 0.1) is 0 Å². The molecule has 0 spiro atoms. The van der Waals surface area contributed by atoms with Crippen LogP contribution in [0.4, 0.5) is 0 Å². The number of hydrogen-bond donors (Lipinski definition) is 0. The summed E-state index contributed by atoms with van der Waals surface area (Å²) in [5.74, 6) is 0.625. The van der Waals surface area contributed by atoms with Gasteiger partial charge in [-0.1, -0.05) is 87.0 Å². The van der Waals surface area contributed by atoms with E-state index in [0.29, 0.717) is 23.9 Å². The number of ether oxygens (including phenoxy) is 1. The molecule has 0 fully saturated rings. The van der Waals surface area contributed by atoms with Gasteiger partial charge < -0.3 is 9.64 Å². The third-order valence-corrected chi connectivity index (χ3v) is 5.19. The molecule has 30 heavy (non-hydrogen) atoms. The molecule has 3 nitrogen and oxygen atoms in total. The van der Waals surface area contributed by atoms with Gasteiger partial charge in [0.1, 0.15) is 5.75 Å². The zero-order chi connectivity index (χ0) is 21.6. The van der Waals surface area contributed by atoms with Crippen molar-refractivity contribution in [1.29, 1.82) is 0 Å². The van der Waals surface area contributed by atoms with Gasteiger partial charge in [0, 0.05) is 18.1 Å². The van der Waals surface area contributed by atoms with Crippen molar-refractivity contribution in [3.8, 4) is 5.75 Å². The first-order valence-corrected chi connectivity index (χ1v) is 10.5. The van der Waals surface area contributed by atoms with Crippen LogP contribution in [-0.2, 0) is 23.3 Å². The summed E-state index contributed by atoms with van der Waals surface area (Å²) in [6, 6.07) is 25.5. The Labute approximate surface area is 184 Å². The van der Waals surface area contributed by atoms with Crippen molar-refractivity contribution >= 4 is 17.5 Å². The van der Waals surface area contributed by atoms with Crippen LogP contribution in [0.1, 0.15) is 37.5 Å². The normalized spacial score (nSPS) is 11.2. The van der Waals surface area contributed by atoms with Crippen molar-refractivity contribution in [1.82, 2.24) is 4.90 Å². The van der Waals surface area contributed by atoms with E-state index < -0.39 is 0 Å². The number of amides is 1. The van der Waals surface area contributed by atoms with Crippen LogP contribution >= 0.6 is 11.6 Å². The number of halogens is 1. The highest BCUT2D eigenvalue weighted by atomic mass is 35.5. The van der Waals surface area contributed by atoms with Crippen molar-refractivity contribution in [3.63, 3.8) is 0 Å². The van der Waals surface area contributed by atoms with Gasteiger partial charge in [0.05, 0.1) is 0 Å². The average molecular weight is 422 g/mol. The molecule has 0 aromatic heterocycles. The van der Waals surface area contributed by atoms with Crippen molar-refractivity contribution in [2.45, 2.75) is 39.3 Å². The van der Waals surface area contributed by atoms with Gasteiger partial charge in [0.15, 0.2) is 6.61 Å². The van der Waals surface area contributed by atoms with Gasteiger partial charge in [0.25, 0.3) is 5.91 Å². The Morgan fingerprint density at radius 3 is 1.90 bits per heavy atom. The fourth-order valence-electron chi connectivity index (χ4n) is 3.13. The van der Waals surface area contributed by atoms with Crippen LogP contribution in [0.25, 0.3) is 0 Å². The monoisotopic (exact) mass is 421 g/mol. The molecule has 1 amide bonds. The molecule has 0 aliphatic heterocycles. The Morgan fingerprint density at radius 2 is 1.37 bits per heavy atom. The number of hydrogen-bond acceptors (Lipinski definition) is 2. The fraction of sp³-hybridized carbons (Fsp3) is 0.269. The van der Waals surface area contributed by atoms with Gasteiger partial charge in [-0.05, 0) is 46.4 Å². The molecule has 0 heterocycles. The molecule has 0 bridgehead atoms. The number of rotatable bonds is 7. The summed E-state index contributed by atoms with van der Waals surface area (Å²) in [6.45, 7) is 7.59. The van der Waals surface area contributed by atoms with Crippen LogP contribution in [0.15, 0.2) is 78.9 Å². The second-order valence-corrected chi connectivity index (χ2v) is 8.86. The Hall–Kier alpha value is -2.78. The largest absolute Gasteiger partial charge is 0.484 e. The maximum Gasteiger partial charge on any atom is 0.261 e. The lowest BCUT2D eigenvalue weighted by atomic mass is 9.87. The highest BCUT2D eigenvalue weighted by molar-refractivity contribution is 6.30. The summed E-state index contributed by atoms with van der Waals surface area (Å²) < 4.78 is 5.69. The molecule has 0 N–H and O–H groups in total. The van der Waals surface area contributed by atoms with Crippen LogP contribution in [0.3, 0.4) is 0 Å². The van der Waals surface area contributed by atoms with Crippen molar-refractivity contribution in [2.24, 2.45) is 0 Å². The Kier molecular flexibility index (Phi) is 7.17. The predicted octanol–water partition coefficient (Wildman–Crippen LogP) is 6.25. The van der Waals surface area contributed by atoms with Gasteiger partial charge in [-0.15, -0.1) is 0 Å². The third-order valence-electron chi connectivity index (χ3n) is 4.94. The van der Waals surface area contributed by atoms with E-state index in [2.05, 4.69) is 45.0 Å². The van der Waals surface area contributed by atoms with Gasteiger partial charge >= 0.3 is 0 Å². The van der Waals surface area contributed by atoms with Crippen molar-refractivity contribution < 1.29 is 9.53 Å². The minimum absolute atomic E-state index is 0.00230. The summed E-state index contributed by atoms with van der Waals surface area (Å²) in [6.07, 6.45) is 0. The molecule has 3 aromatic carbocycles. The van der Waals surface area contributed by atoms with E-state index in [4.69, 9.17) is 16.3 Å². The van der Waals surface area contributed by atoms with E-state index in [9.17, 15) is 4.79 Å². The molecular formula is C26H28ClNO2. The topological polar surface area (TPSA) is 29.5 Å². The first-order chi connectivity index (χ1) is 14.3. The van der Waals surface area contributed by atoms with Gasteiger partial charge in [0.2, 0.25) is 0 Å². The molecule has 3 aromatic rings. The molecule has 0 unspecified atom stereocenters. The SMILES string of the molecule is CC(C)(C)c1ccc(CN(Cc2ccc(Cl)cc2)C(=O)COc2ccccc2)cc1. The number of carbonyl (C=O) groups is 1. The quantitative estimate of drug-likeness (QED) is 0.451. The molecule has 0 atom stereocenters. The van der Waals surface area contributed by atoms with E-state index in [1.807, 2.05) is 59.5 Å². The minimum Gasteiger partial charge on any atom is -0.484 e. The lowest BCUT2D eigenvalue weighted by molar-refractivity contribution is -0.134. The number of para-hydroxylation sites is 1. The van der Waals surface area contributed by atoms with E-state index in [1.165, 1.54) is 5.56 Å². The Bertz CT molecular complexity index is 945. The molecule has 0 radical (unpaired) electrons. The summed E-state index contributed by atoms with van der Waals surface area (Å²) in [7, 11) is 0. The molecular weight excluding hydrogens is 394 g/mol. The maximum atomic E-state index is 13.0. The molecule has 0 saturated heterocycles. The second-order valence-electron chi connectivity index (χ2n) is 8.42. The smallest absolute Gasteiger partial charge is 0.261 e. The Balaban J connectivity index is 1.74. The van der Waals surface area contributed by atoms with Crippen molar-refractivity contribution in [2.75, 3.05) is 6.61 Å². The average Bonchev–Trinajstić information content (AvgIpc) is 2.73. The third kappa shape index (κ3) is 6.36. The molecule has 0 aliphatic carbocycles. The zero-order valence-corrected chi connectivity index (χ0v) is 18.5. The standard InChI is InChI=1S/C26H28ClNO2/c1-26(2,3)22-13-9-20(10-14-22)17-28(18-21-11-15-23(27)16-12-21)25(29)19-30-24-7-5-4-6-8-24/h4-16H,17-19H2,1-3H3. The number of carbonyl (C=O) groups excluding carboxylic acids is 1. The summed E-state index contributed by atoms with van der Waals surface area (Å²) in [5.41, 5.74) is 3.49. The summed E-state index contributed by atoms with van der Waals surface area (Å²) in [4.78, 5) is 14.8. The van der Waals surface area contributed by atoms with Crippen LogP contribution < -0.4 is 4.74 Å². The molecule has 0 saturated carbocycles. The fourth-order valence-corrected chi connectivity index (χ4v) is 3.25. The van der Waals surface area contributed by atoms with E-state index in [1.54, 1.807) is 0 Å². The first-order valence-electron chi connectivity index (χ1n) is 10.1. The number of benzene rings is 3. The van der Waals surface area contributed by atoms with Crippen LogP contribution in [0.2, 0.25) is 5.02 Å². The molecule has 0 aliphatic rings. The minimum atomic E-state index is -0.0614. The Morgan fingerprint density at radius 1 is 0.833 bits per heavy atom. The first kappa shape index (κ1) is 21.9. The number of nitrogens with zero attached hydrogens (tertiary/aromatic N) is 1. The molecule has 156 valence electrons. The maximum absolute atomic E-state index is 13.0. The van der Waals surface area contributed by atoms with E-state index in [0.717, 1.165) is 11.1 Å². The van der Waals surface area contributed by atoms with Gasteiger partial charge in [-0.2, -0.15) is 0 Å². The molecule has 4 heteroatoms. The van der Waals surface area contributed by atoms with E-state index >= 15 is 0 Å². The second kappa shape index (κ2) is 9.82. The predicted molar refractivity (Wildman–Crippen MR) is 123 cm³/mol. The van der Waals surface area contributed by atoms with Gasteiger partial charge in [-0.3, -0.25) is 4.79 Å². The lowest BCUT2D eigenvalue weighted by Crippen LogP contribution is -2.34. The van der Waals surface area contributed by atoms with Gasteiger partial charge in [-0.25, -0.2) is 0 Å². The summed E-state index contributed by atoms with van der Waals surface area (Å²) >= 11 is 6.01. The van der Waals surface area contributed by atoms with Crippen LogP contribution in [0.5, 0.6) is 5.75 Å². The lowest BCUT2D eigenvalue weighted by Gasteiger charge is -2.24. The highest BCUT2D eigenvalue weighted by Gasteiger charge is 2.17. The van der Waals surface area contributed by atoms with Crippen molar-refractivity contribution in [3.05, 3.63) is 101 Å². The van der Waals surface area contributed by atoms with Crippen LogP contribution in [-0.4, -0.2) is 17.4 Å². The van der Waals surface area contributed by atoms with E-state index in [-0.39, 0.29) is 17.9 Å². The highest BCUT2D eigenvalue weighted by Crippen LogP contribution is 2.23.